The molecule has 0 aliphatic carbocycles. The molecule has 1 aliphatic heterocycles. The largest absolute Gasteiger partial charge is 0.452 e. The van der Waals surface area contributed by atoms with Gasteiger partial charge in [0.15, 0.2) is 6.10 Å². The zero-order chi connectivity index (χ0) is 19.4. The Hall–Kier alpha value is -3.48. The van der Waals surface area contributed by atoms with Crippen molar-refractivity contribution in [1.29, 1.82) is 0 Å². The maximum absolute atomic E-state index is 12.2. The average molecular weight is 366 g/mol. The molecule has 0 aromatic heterocycles. The van der Waals surface area contributed by atoms with Gasteiger partial charge >= 0.3 is 5.97 Å². The predicted molar refractivity (Wildman–Crippen MR) is 97.1 cm³/mol. The Kier molecular flexibility index (Phi) is 5.30. The topological polar surface area (TPSA) is 92.8 Å². The third kappa shape index (κ3) is 4.03. The Labute approximate surface area is 155 Å². The fourth-order valence-corrected chi connectivity index (χ4v) is 2.72. The Bertz CT molecular complexity index is 859. The van der Waals surface area contributed by atoms with Crippen LogP contribution < -0.4 is 5.32 Å². The molecule has 1 heterocycles. The van der Waals surface area contributed by atoms with Crippen LogP contribution in [0.2, 0.25) is 0 Å². The van der Waals surface area contributed by atoms with E-state index in [1.54, 1.807) is 48.5 Å². The molecule has 2 aromatic carbocycles. The molecule has 27 heavy (non-hydrogen) atoms. The molecule has 7 nitrogen and oxygen atoms in total. The smallest absolute Gasteiger partial charge is 0.308 e. The van der Waals surface area contributed by atoms with E-state index in [0.29, 0.717) is 16.8 Å². The molecule has 0 fully saturated rings. The van der Waals surface area contributed by atoms with Crippen molar-refractivity contribution in [2.75, 3.05) is 11.9 Å². The number of amides is 3. The van der Waals surface area contributed by atoms with Gasteiger partial charge in [-0.3, -0.25) is 24.1 Å². The van der Waals surface area contributed by atoms with Gasteiger partial charge in [0.25, 0.3) is 17.7 Å². The number of imide groups is 1. The van der Waals surface area contributed by atoms with Crippen LogP contribution in [-0.4, -0.2) is 41.2 Å². The van der Waals surface area contributed by atoms with Crippen molar-refractivity contribution in [3.63, 3.8) is 0 Å². The van der Waals surface area contributed by atoms with Crippen LogP contribution in [0.25, 0.3) is 0 Å². The second kappa shape index (κ2) is 7.82. The van der Waals surface area contributed by atoms with Crippen LogP contribution in [-0.2, 0) is 14.3 Å². The monoisotopic (exact) mass is 366 g/mol. The Morgan fingerprint density at radius 1 is 0.963 bits per heavy atom. The third-order valence-corrected chi connectivity index (χ3v) is 4.14. The first-order valence-electron chi connectivity index (χ1n) is 8.48. The van der Waals surface area contributed by atoms with Crippen LogP contribution in [0.1, 0.15) is 34.1 Å². The lowest BCUT2D eigenvalue weighted by Crippen LogP contribution is -2.34. The second-order valence-electron chi connectivity index (χ2n) is 6.04. The fraction of sp³-hybridized carbons (Fsp3) is 0.200. The molecule has 3 amide bonds. The molecule has 138 valence electrons. The van der Waals surface area contributed by atoms with E-state index in [9.17, 15) is 19.2 Å². The van der Waals surface area contributed by atoms with E-state index in [2.05, 4.69) is 5.32 Å². The van der Waals surface area contributed by atoms with E-state index in [4.69, 9.17) is 4.74 Å². The average Bonchev–Trinajstić information content (AvgIpc) is 2.91. The van der Waals surface area contributed by atoms with Gasteiger partial charge in [0, 0.05) is 12.2 Å². The van der Waals surface area contributed by atoms with Gasteiger partial charge in [-0.2, -0.15) is 0 Å². The number of fused-ring (bicyclic) bond motifs is 1. The lowest BCUT2D eigenvalue weighted by Gasteiger charge is -2.16. The number of esters is 1. The maximum Gasteiger partial charge on any atom is 0.308 e. The van der Waals surface area contributed by atoms with Crippen molar-refractivity contribution in [3.05, 3.63) is 65.7 Å². The molecule has 1 atom stereocenters. The highest BCUT2D eigenvalue weighted by Gasteiger charge is 2.35. The van der Waals surface area contributed by atoms with Crippen LogP contribution in [0.3, 0.4) is 0 Å². The van der Waals surface area contributed by atoms with Gasteiger partial charge in [-0.15, -0.1) is 0 Å². The summed E-state index contributed by atoms with van der Waals surface area (Å²) in [5.74, 6) is -1.99. The van der Waals surface area contributed by atoms with Crippen molar-refractivity contribution < 1.29 is 23.9 Å². The minimum Gasteiger partial charge on any atom is -0.452 e. The van der Waals surface area contributed by atoms with Gasteiger partial charge in [0.1, 0.15) is 0 Å². The highest BCUT2D eigenvalue weighted by atomic mass is 16.5. The molecule has 0 bridgehead atoms. The molecule has 0 spiro atoms. The van der Waals surface area contributed by atoms with E-state index in [1.807, 2.05) is 6.07 Å². The van der Waals surface area contributed by atoms with Crippen LogP contribution >= 0.6 is 0 Å². The van der Waals surface area contributed by atoms with E-state index >= 15 is 0 Å². The zero-order valence-corrected chi connectivity index (χ0v) is 14.7. The van der Waals surface area contributed by atoms with Gasteiger partial charge in [-0.25, -0.2) is 0 Å². The number of hydrogen-bond donors (Lipinski definition) is 1. The highest BCUT2D eigenvalue weighted by Crippen LogP contribution is 2.22. The SMILES string of the molecule is C[C@H](OC(=O)CCN1C(=O)c2ccccc2C1=O)C(=O)Nc1ccccc1. The number of carbonyl (C=O) groups is 4. The van der Waals surface area contributed by atoms with Crippen molar-refractivity contribution in [1.82, 2.24) is 4.90 Å². The van der Waals surface area contributed by atoms with E-state index in [-0.39, 0.29) is 13.0 Å². The summed E-state index contributed by atoms with van der Waals surface area (Å²) in [7, 11) is 0. The van der Waals surface area contributed by atoms with E-state index in [0.717, 1.165) is 4.90 Å². The summed E-state index contributed by atoms with van der Waals surface area (Å²) in [6.07, 6.45) is -1.19. The molecule has 0 saturated carbocycles. The summed E-state index contributed by atoms with van der Waals surface area (Å²) in [5, 5.41) is 2.64. The second-order valence-corrected chi connectivity index (χ2v) is 6.04. The van der Waals surface area contributed by atoms with Crippen LogP contribution in [0, 0.1) is 0 Å². The number of nitrogens with zero attached hydrogens (tertiary/aromatic N) is 1. The molecule has 0 radical (unpaired) electrons. The summed E-state index contributed by atoms with van der Waals surface area (Å²) in [6.45, 7) is 1.36. The maximum atomic E-state index is 12.2. The standard InChI is InChI=1S/C20H18N2O5/c1-13(18(24)21-14-7-3-2-4-8-14)27-17(23)11-12-22-19(25)15-9-5-6-10-16(15)20(22)26/h2-10,13H,11-12H2,1H3,(H,21,24)/t13-/m0/s1. The van der Waals surface area contributed by atoms with E-state index < -0.39 is 29.8 Å². The summed E-state index contributed by atoms with van der Waals surface area (Å²) < 4.78 is 5.09. The minimum atomic E-state index is -1.00. The zero-order valence-electron chi connectivity index (χ0n) is 14.7. The third-order valence-electron chi connectivity index (χ3n) is 4.14. The lowest BCUT2D eigenvalue weighted by atomic mass is 10.1. The van der Waals surface area contributed by atoms with E-state index in [1.165, 1.54) is 6.92 Å². The number of nitrogens with one attached hydrogen (secondary N) is 1. The fourth-order valence-electron chi connectivity index (χ4n) is 2.72. The van der Waals surface area contributed by atoms with Gasteiger partial charge in [0.05, 0.1) is 17.5 Å². The first kappa shape index (κ1) is 18.3. The summed E-state index contributed by atoms with van der Waals surface area (Å²) in [6, 6.07) is 15.3. The van der Waals surface area contributed by atoms with Gasteiger partial charge < -0.3 is 10.1 Å². The molecule has 3 rings (SSSR count). The Balaban J connectivity index is 1.51. The molecular weight excluding hydrogens is 348 g/mol. The molecule has 1 N–H and O–H groups in total. The number of para-hydroxylation sites is 1. The normalized spacial score (nSPS) is 13.9. The summed E-state index contributed by atoms with van der Waals surface area (Å²) >= 11 is 0. The molecule has 2 aromatic rings. The Morgan fingerprint density at radius 3 is 2.11 bits per heavy atom. The van der Waals surface area contributed by atoms with Crippen molar-refractivity contribution >= 4 is 29.4 Å². The molecule has 0 unspecified atom stereocenters. The first-order valence-corrected chi connectivity index (χ1v) is 8.48. The summed E-state index contributed by atoms with van der Waals surface area (Å²) in [5.41, 5.74) is 1.24. The van der Waals surface area contributed by atoms with Crippen LogP contribution in [0.15, 0.2) is 54.6 Å². The lowest BCUT2D eigenvalue weighted by molar-refractivity contribution is -0.153. The quantitative estimate of drug-likeness (QED) is 0.625. The number of ether oxygens (including phenoxy) is 1. The molecule has 1 aliphatic rings. The van der Waals surface area contributed by atoms with Crippen molar-refractivity contribution in [3.8, 4) is 0 Å². The van der Waals surface area contributed by atoms with Crippen LogP contribution in [0.5, 0.6) is 0 Å². The van der Waals surface area contributed by atoms with Gasteiger partial charge in [0.2, 0.25) is 0 Å². The van der Waals surface area contributed by atoms with Crippen molar-refractivity contribution in [2.24, 2.45) is 0 Å². The predicted octanol–water partition coefficient (Wildman–Crippen LogP) is 2.24. The molecule has 0 saturated heterocycles. The van der Waals surface area contributed by atoms with Crippen molar-refractivity contribution in [2.45, 2.75) is 19.4 Å². The summed E-state index contributed by atoms with van der Waals surface area (Å²) in [4.78, 5) is 49.6. The molecule has 7 heteroatoms. The number of carbonyl (C=O) groups excluding carboxylic acids is 4. The molecular formula is C20H18N2O5. The number of rotatable bonds is 6. The number of hydrogen-bond acceptors (Lipinski definition) is 5. The Morgan fingerprint density at radius 2 is 1.52 bits per heavy atom. The first-order chi connectivity index (χ1) is 13.0. The van der Waals surface area contributed by atoms with Gasteiger partial charge in [-0.05, 0) is 31.2 Å². The van der Waals surface area contributed by atoms with Crippen LogP contribution in [0.4, 0.5) is 5.69 Å². The number of benzene rings is 2. The van der Waals surface area contributed by atoms with Gasteiger partial charge in [-0.1, -0.05) is 30.3 Å². The minimum absolute atomic E-state index is 0.0990. The highest BCUT2D eigenvalue weighted by molar-refractivity contribution is 6.21. The number of anilines is 1.